The van der Waals surface area contributed by atoms with Gasteiger partial charge in [0, 0.05) is 27.7 Å². The van der Waals surface area contributed by atoms with Crippen molar-refractivity contribution >= 4 is 35.7 Å². The molecule has 10 heteroatoms. The smallest absolute Gasteiger partial charge is 0.275 e. The van der Waals surface area contributed by atoms with Gasteiger partial charge in [-0.2, -0.15) is 0 Å². The normalized spacial score (nSPS) is 24.0. The molecule has 2 heterocycles. The Bertz CT molecular complexity index is 527. The summed E-state index contributed by atoms with van der Waals surface area (Å²) in [6.07, 6.45) is -2.69. The molecule has 0 aromatic heterocycles. The minimum absolute atomic E-state index is 0.633. The highest BCUT2D eigenvalue weighted by molar-refractivity contribution is 6.10. The van der Waals surface area contributed by atoms with Gasteiger partial charge in [-0.15, -0.1) is 0 Å². The van der Waals surface area contributed by atoms with Crippen LogP contribution in [0.25, 0.3) is 0 Å². The minimum atomic E-state index is -1.34. The molecule has 0 N–H and O–H groups in total. The molecule has 0 spiro atoms. The van der Waals surface area contributed by atoms with Crippen LogP contribution in [0.4, 0.5) is 9.59 Å². The van der Waals surface area contributed by atoms with E-state index in [9.17, 15) is 28.8 Å². The van der Waals surface area contributed by atoms with Gasteiger partial charge in [0.2, 0.25) is 23.6 Å². The summed E-state index contributed by atoms with van der Waals surface area (Å²) in [5.74, 6) is -2.97. The molecule has 118 valence electrons. The first-order valence-electron chi connectivity index (χ1n) is 6.38. The molecule has 2 rings (SSSR count). The molecule has 0 saturated carbocycles. The van der Waals surface area contributed by atoms with Gasteiger partial charge in [-0.3, -0.25) is 19.2 Å². The number of hydrogen-bond donors (Lipinski definition) is 0. The van der Waals surface area contributed by atoms with Crippen molar-refractivity contribution in [2.45, 2.75) is 40.0 Å². The molecular weight excluding hydrogens is 296 g/mol. The zero-order valence-corrected chi connectivity index (χ0v) is 12.4. The van der Waals surface area contributed by atoms with E-state index in [1.54, 1.807) is 0 Å². The van der Waals surface area contributed by atoms with Crippen LogP contribution in [0.2, 0.25) is 0 Å². The van der Waals surface area contributed by atoms with Crippen molar-refractivity contribution in [3.8, 4) is 0 Å². The van der Waals surface area contributed by atoms with Gasteiger partial charge >= 0.3 is 12.1 Å². The van der Waals surface area contributed by atoms with Crippen molar-refractivity contribution in [1.29, 1.82) is 0 Å². The van der Waals surface area contributed by atoms with Crippen LogP contribution in [-0.2, 0) is 19.2 Å². The first-order chi connectivity index (χ1) is 10.1. The second-order valence-electron chi connectivity index (χ2n) is 4.95. The van der Waals surface area contributed by atoms with E-state index in [2.05, 4.69) is 0 Å². The van der Waals surface area contributed by atoms with Crippen LogP contribution in [0.15, 0.2) is 0 Å². The predicted molar refractivity (Wildman–Crippen MR) is 68.4 cm³/mol. The lowest BCUT2D eigenvalue weighted by molar-refractivity contribution is -0.137. The quantitative estimate of drug-likeness (QED) is 0.584. The van der Waals surface area contributed by atoms with E-state index in [0.717, 1.165) is 27.7 Å². The van der Waals surface area contributed by atoms with Crippen molar-refractivity contribution in [2.75, 3.05) is 0 Å². The lowest BCUT2D eigenvalue weighted by Crippen LogP contribution is -2.50. The maximum absolute atomic E-state index is 12.3. The average Bonchev–Trinajstić information content (AvgIpc) is 2.76. The molecule has 0 radical (unpaired) electrons. The number of hydrogen-bond acceptors (Lipinski definition) is 6. The molecule has 2 saturated heterocycles. The zero-order chi connectivity index (χ0) is 16.9. The van der Waals surface area contributed by atoms with Gasteiger partial charge < -0.3 is 0 Å². The van der Waals surface area contributed by atoms with Gasteiger partial charge in [0.25, 0.3) is 0 Å². The molecule has 22 heavy (non-hydrogen) atoms. The molecule has 8 amide bonds. The van der Waals surface area contributed by atoms with Crippen molar-refractivity contribution in [1.82, 2.24) is 19.6 Å². The summed E-state index contributed by atoms with van der Waals surface area (Å²) in [6, 6.07) is -1.94. The van der Waals surface area contributed by atoms with Gasteiger partial charge in [-0.05, 0) is 0 Å². The number of urea groups is 2. The minimum Gasteiger partial charge on any atom is -0.275 e. The molecule has 0 aliphatic carbocycles. The molecule has 10 nitrogen and oxygen atoms in total. The lowest BCUT2D eigenvalue weighted by Gasteiger charge is -2.24. The lowest BCUT2D eigenvalue weighted by atomic mass is 10.3. The van der Waals surface area contributed by atoms with Crippen molar-refractivity contribution in [3.05, 3.63) is 0 Å². The second-order valence-corrected chi connectivity index (χ2v) is 4.95. The fraction of sp³-hybridized carbons (Fsp3) is 0.500. The van der Waals surface area contributed by atoms with E-state index in [-0.39, 0.29) is 0 Å². The Kier molecular flexibility index (Phi) is 3.47. The highest BCUT2D eigenvalue weighted by atomic mass is 16.2. The molecular formula is C12H14N4O6. The summed E-state index contributed by atoms with van der Waals surface area (Å²) in [7, 11) is 0. The summed E-state index contributed by atoms with van der Waals surface area (Å²) < 4.78 is 0. The van der Waals surface area contributed by atoms with Gasteiger partial charge in [-0.1, -0.05) is 0 Å². The Hall–Kier alpha value is -2.78. The van der Waals surface area contributed by atoms with E-state index in [1.165, 1.54) is 0 Å². The Morgan fingerprint density at radius 1 is 0.591 bits per heavy atom. The highest BCUT2D eigenvalue weighted by Crippen LogP contribution is 2.35. The third kappa shape index (κ3) is 1.87. The third-order valence-electron chi connectivity index (χ3n) is 3.51. The van der Waals surface area contributed by atoms with Crippen LogP contribution in [0.1, 0.15) is 27.7 Å². The summed E-state index contributed by atoms with van der Waals surface area (Å²) in [4.78, 5) is 74.0. The van der Waals surface area contributed by atoms with Gasteiger partial charge in [0.1, 0.15) is 0 Å². The number of imide groups is 4. The van der Waals surface area contributed by atoms with Crippen LogP contribution >= 0.6 is 0 Å². The van der Waals surface area contributed by atoms with Crippen LogP contribution in [0, 0.1) is 0 Å². The number of carbonyl (C=O) groups excluding carboxylic acids is 6. The van der Waals surface area contributed by atoms with E-state index in [1.807, 2.05) is 0 Å². The third-order valence-corrected chi connectivity index (χ3v) is 3.51. The van der Waals surface area contributed by atoms with Crippen LogP contribution in [0.5, 0.6) is 0 Å². The van der Waals surface area contributed by atoms with Gasteiger partial charge in [-0.25, -0.2) is 29.2 Å². The molecule has 2 aliphatic heterocycles. The number of amides is 8. The van der Waals surface area contributed by atoms with Crippen LogP contribution in [-0.4, -0.2) is 67.6 Å². The Labute approximate surface area is 125 Å². The first-order valence-corrected chi connectivity index (χ1v) is 6.38. The predicted octanol–water partition coefficient (Wildman–Crippen LogP) is -0.700. The second kappa shape index (κ2) is 4.90. The number of carbonyl (C=O) groups is 6. The molecule has 0 atom stereocenters. The zero-order valence-electron chi connectivity index (χ0n) is 12.4. The molecule has 0 aromatic carbocycles. The number of rotatable bonds is 0. The molecule has 2 fully saturated rings. The van der Waals surface area contributed by atoms with E-state index in [4.69, 9.17) is 0 Å². The highest BCUT2D eigenvalue weighted by Gasteiger charge is 2.63. The van der Waals surface area contributed by atoms with Crippen molar-refractivity contribution < 1.29 is 28.8 Å². The maximum atomic E-state index is 12.3. The monoisotopic (exact) mass is 310 g/mol. The Morgan fingerprint density at radius 3 is 0.909 bits per heavy atom. The molecule has 0 aromatic rings. The summed E-state index contributed by atoms with van der Waals surface area (Å²) in [5.41, 5.74) is 0. The molecule has 0 bridgehead atoms. The summed E-state index contributed by atoms with van der Waals surface area (Å²) >= 11 is 0. The average molecular weight is 310 g/mol. The SMILES string of the molecule is CC(=O)N1C(=O)N(C(C)=O)C2C1N(C(C)=O)C(=O)N2C(C)=O. The van der Waals surface area contributed by atoms with E-state index >= 15 is 0 Å². The fourth-order valence-corrected chi connectivity index (χ4v) is 2.73. The van der Waals surface area contributed by atoms with Gasteiger partial charge in [0.05, 0.1) is 0 Å². The number of fused-ring (bicyclic) bond motifs is 1. The fourth-order valence-electron chi connectivity index (χ4n) is 2.73. The molecule has 0 unspecified atom stereocenters. The summed E-state index contributed by atoms with van der Waals surface area (Å²) in [6.45, 7) is 4.27. The van der Waals surface area contributed by atoms with Crippen LogP contribution in [0.3, 0.4) is 0 Å². The van der Waals surface area contributed by atoms with Gasteiger partial charge in [0.15, 0.2) is 12.3 Å². The standard InChI is InChI=1S/C12H14N4O6/c1-5(17)13-9-10(15(7(3)19)11(13)21)16(8(4)20)12(22)14(9)6(2)18/h9-10H,1-4H3. The summed E-state index contributed by atoms with van der Waals surface area (Å²) in [5, 5.41) is 0. The topological polar surface area (TPSA) is 115 Å². The Balaban J connectivity index is 2.66. The van der Waals surface area contributed by atoms with E-state index < -0.39 is 48.0 Å². The van der Waals surface area contributed by atoms with E-state index in [0.29, 0.717) is 19.6 Å². The maximum Gasteiger partial charge on any atom is 0.337 e. The Morgan fingerprint density at radius 2 is 0.773 bits per heavy atom. The van der Waals surface area contributed by atoms with Crippen LogP contribution < -0.4 is 0 Å². The molecule has 2 aliphatic rings. The van der Waals surface area contributed by atoms with Crippen molar-refractivity contribution in [3.63, 3.8) is 0 Å². The largest absolute Gasteiger partial charge is 0.337 e. The van der Waals surface area contributed by atoms with Crippen molar-refractivity contribution in [2.24, 2.45) is 0 Å². The number of nitrogens with zero attached hydrogens (tertiary/aromatic N) is 4. The first kappa shape index (κ1) is 15.6.